The van der Waals surface area contributed by atoms with Crippen LogP contribution >= 0.6 is 11.6 Å². The Morgan fingerprint density at radius 2 is 1.93 bits per heavy atom. The van der Waals surface area contributed by atoms with Gasteiger partial charge in [-0.15, -0.1) is 0 Å². The zero-order valence-electron chi connectivity index (χ0n) is 15.5. The van der Waals surface area contributed by atoms with E-state index in [1.807, 2.05) is 44.2 Å². The molecule has 0 bridgehead atoms. The first-order valence-electron chi connectivity index (χ1n) is 8.86. The molecule has 0 aliphatic rings. The van der Waals surface area contributed by atoms with Gasteiger partial charge in [-0.05, 0) is 61.9 Å². The molecule has 0 aliphatic carbocycles. The van der Waals surface area contributed by atoms with Gasteiger partial charge in [0.05, 0.1) is 19.4 Å². The van der Waals surface area contributed by atoms with Crippen molar-refractivity contribution in [2.45, 2.75) is 33.0 Å². The van der Waals surface area contributed by atoms with Gasteiger partial charge in [-0.2, -0.15) is 0 Å². The summed E-state index contributed by atoms with van der Waals surface area (Å²) in [5.74, 6) is 3.24. The maximum Gasteiger partial charge on any atom is 0.119 e. The van der Waals surface area contributed by atoms with Crippen molar-refractivity contribution < 1.29 is 18.7 Å². The fourth-order valence-electron chi connectivity index (χ4n) is 2.85. The summed E-state index contributed by atoms with van der Waals surface area (Å²) in [4.78, 5) is 2.07. The third-order valence-electron chi connectivity index (χ3n) is 4.18. The number of aryl methyl sites for hydroxylation is 2. The van der Waals surface area contributed by atoms with Gasteiger partial charge in [0.1, 0.15) is 35.7 Å². The number of ether oxygens (including phenoxy) is 1. The molecule has 0 spiro atoms. The lowest BCUT2D eigenvalue weighted by molar-refractivity contribution is 0.0579. The molecule has 1 atom stereocenters. The van der Waals surface area contributed by atoms with Crippen LogP contribution in [0.15, 0.2) is 57.6 Å². The topological polar surface area (TPSA) is 59.0 Å². The first-order chi connectivity index (χ1) is 13.0. The molecule has 3 rings (SSSR count). The third kappa shape index (κ3) is 5.89. The fraction of sp³-hybridized carbons (Fsp3) is 0.333. The maximum absolute atomic E-state index is 10.5. The van der Waals surface area contributed by atoms with Crippen LogP contribution in [0.3, 0.4) is 0 Å². The lowest BCUT2D eigenvalue weighted by atomic mass is 10.2. The largest absolute Gasteiger partial charge is 0.491 e. The van der Waals surface area contributed by atoms with E-state index in [1.54, 1.807) is 18.4 Å². The molecule has 27 heavy (non-hydrogen) atoms. The predicted octanol–water partition coefficient (Wildman–Crippen LogP) is 4.58. The second kappa shape index (κ2) is 9.13. The number of benzene rings is 1. The minimum Gasteiger partial charge on any atom is -0.491 e. The number of aliphatic hydroxyl groups is 1. The molecule has 0 saturated carbocycles. The van der Waals surface area contributed by atoms with E-state index in [1.165, 1.54) is 0 Å². The van der Waals surface area contributed by atoms with E-state index in [9.17, 15) is 5.11 Å². The molecule has 144 valence electrons. The van der Waals surface area contributed by atoms with Crippen LogP contribution in [0.4, 0.5) is 0 Å². The average Bonchev–Trinajstić information content (AvgIpc) is 3.28. The number of rotatable bonds is 9. The molecule has 2 aromatic heterocycles. The van der Waals surface area contributed by atoms with Gasteiger partial charge in [0.15, 0.2) is 0 Å². The Morgan fingerprint density at radius 3 is 2.59 bits per heavy atom. The van der Waals surface area contributed by atoms with Gasteiger partial charge < -0.3 is 18.7 Å². The van der Waals surface area contributed by atoms with Gasteiger partial charge in [-0.25, -0.2) is 0 Å². The zero-order chi connectivity index (χ0) is 19.2. The second-order valence-electron chi connectivity index (χ2n) is 6.64. The standard InChI is InChI=1S/C21H24ClNO4/c1-15-10-18(7-8-21(15)22)26-14-17(24)11-23(12-19-4-3-9-25-19)13-20-6-5-16(2)27-20/h3-10,17,24H,11-14H2,1-2H3. The summed E-state index contributed by atoms with van der Waals surface area (Å²) < 4.78 is 16.8. The van der Waals surface area contributed by atoms with Crippen LogP contribution in [0.25, 0.3) is 0 Å². The van der Waals surface area contributed by atoms with Crippen molar-refractivity contribution in [3.8, 4) is 5.75 Å². The molecular formula is C21H24ClNO4. The molecular weight excluding hydrogens is 366 g/mol. The first-order valence-corrected chi connectivity index (χ1v) is 9.24. The number of hydrogen-bond donors (Lipinski definition) is 1. The molecule has 1 N–H and O–H groups in total. The molecule has 3 aromatic rings. The Balaban J connectivity index is 1.58. The van der Waals surface area contributed by atoms with E-state index < -0.39 is 6.10 Å². The normalized spacial score (nSPS) is 12.5. The van der Waals surface area contributed by atoms with E-state index in [4.69, 9.17) is 25.2 Å². The molecule has 0 saturated heterocycles. The summed E-state index contributed by atoms with van der Waals surface area (Å²) in [6.07, 6.45) is 0.986. The van der Waals surface area contributed by atoms with Gasteiger partial charge in [-0.3, -0.25) is 4.90 Å². The molecule has 6 heteroatoms. The number of furan rings is 2. The molecule has 1 unspecified atom stereocenters. The van der Waals surface area contributed by atoms with Crippen LogP contribution in [0.1, 0.15) is 22.8 Å². The summed E-state index contributed by atoms with van der Waals surface area (Å²) in [6, 6.07) is 13.1. The molecule has 0 amide bonds. The SMILES string of the molecule is Cc1ccc(CN(Cc2ccco2)CC(O)COc2ccc(Cl)c(C)c2)o1. The van der Waals surface area contributed by atoms with E-state index in [-0.39, 0.29) is 6.61 Å². The van der Waals surface area contributed by atoms with Crippen molar-refractivity contribution >= 4 is 11.6 Å². The average molecular weight is 390 g/mol. The summed E-state index contributed by atoms with van der Waals surface area (Å²) in [6.45, 7) is 5.59. The Morgan fingerprint density at radius 1 is 1.11 bits per heavy atom. The van der Waals surface area contributed by atoms with Crippen LogP contribution in [0.2, 0.25) is 5.02 Å². The van der Waals surface area contributed by atoms with Gasteiger partial charge in [0.25, 0.3) is 0 Å². The zero-order valence-corrected chi connectivity index (χ0v) is 16.3. The van der Waals surface area contributed by atoms with Crippen LogP contribution in [0.5, 0.6) is 5.75 Å². The van der Waals surface area contributed by atoms with Gasteiger partial charge in [0, 0.05) is 11.6 Å². The highest BCUT2D eigenvalue weighted by atomic mass is 35.5. The molecule has 1 aromatic carbocycles. The Kier molecular flexibility index (Phi) is 6.61. The molecule has 5 nitrogen and oxygen atoms in total. The lowest BCUT2D eigenvalue weighted by Crippen LogP contribution is -2.34. The number of hydrogen-bond acceptors (Lipinski definition) is 5. The van der Waals surface area contributed by atoms with Crippen LogP contribution < -0.4 is 4.74 Å². The second-order valence-corrected chi connectivity index (χ2v) is 7.04. The highest BCUT2D eigenvalue weighted by Gasteiger charge is 2.16. The van der Waals surface area contributed by atoms with Crippen molar-refractivity contribution in [1.82, 2.24) is 4.90 Å². The lowest BCUT2D eigenvalue weighted by Gasteiger charge is -2.23. The summed E-state index contributed by atoms with van der Waals surface area (Å²) in [5.41, 5.74) is 0.941. The van der Waals surface area contributed by atoms with E-state index >= 15 is 0 Å². The fourth-order valence-corrected chi connectivity index (χ4v) is 2.97. The highest BCUT2D eigenvalue weighted by molar-refractivity contribution is 6.31. The third-order valence-corrected chi connectivity index (χ3v) is 4.60. The van der Waals surface area contributed by atoms with E-state index in [0.717, 1.165) is 22.8 Å². The van der Waals surface area contributed by atoms with Crippen molar-refractivity contribution in [2.24, 2.45) is 0 Å². The smallest absolute Gasteiger partial charge is 0.119 e. The van der Waals surface area contributed by atoms with Gasteiger partial charge in [0.2, 0.25) is 0 Å². The quantitative estimate of drug-likeness (QED) is 0.580. The maximum atomic E-state index is 10.5. The summed E-state index contributed by atoms with van der Waals surface area (Å²) >= 11 is 6.03. The number of halogens is 1. The molecule has 0 aliphatic heterocycles. The monoisotopic (exact) mass is 389 g/mol. The summed E-state index contributed by atoms with van der Waals surface area (Å²) in [5, 5.41) is 11.2. The first kappa shape index (κ1) is 19.5. The predicted molar refractivity (Wildman–Crippen MR) is 104 cm³/mol. The van der Waals surface area contributed by atoms with Crippen molar-refractivity contribution in [3.05, 3.63) is 76.6 Å². The Bertz CT molecular complexity index is 844. The Labute approximate surface area is 164 Å². The highest BCUT2D eigenvalue weighted by Crippen LogP contribution is 2.21. The van der Waals surface area contributed by atoms with Crippen molar-refractivity contribution in [3.63, 3.8) is 0 Å². The van der Waals surface area contributed by atoms with Crippen LogP contribution in [0, 0.1) is 13.8 Å². The van der Waals surface area contributed by atoms with Gasteiger partial charge >= 0.3 is 0 Å². The number of aliphatic hydroxyl groups excluding tert-OH is 1. The molecule has 2 heterocycles. The summed E-state index contributed by atoms with van der Waals surface area (Å²) in [7, 11) is 0. The Hall–Kier alpha value is -2.21. The van der Waals surface area contributed by atoms with E-state index in [2.05, 4.69) is 4.90 Å². The minimum atomic E-state index is -0.660. The molecule has 0 fully saturated rings. The van der Waals surface area contributed by atoms with Crippen molar-refractivity contribution in [1.29, 1.82) is 0 Å². The van der Waals surface area contributed by atoms with Crippen LogP contribution in [-0.2, 0) is 13.1 Å². The van der Waals surface area contributed by atoms with Crippen LogP contribution in [-0.4, -0.2) is 29.3 Å². The van der Waals surface area contributed by atoms with Crippen molar-refractivity contribution in [2.75, 3.05) is 13.2 Å². The van der Waals surface area contributed by atoms with E-state index in [0.29, 0.717) is 30.4 Å². The minimum absolute atomic E-state index is 0.187. The molecule has 0 radical (unpaired) electrons. The van der Waals surface area contributed by atoms with Gasteiger partial charge in [-0.1, -0.05) is 11.6 Å². The number of nitrogens with zero attached hydrogens (tertiary/aromatic N) is 1.